The topological polar surface area (TPSA) is 56.7 Å². The Bertz CT molecular complexity index is 392. The SMILES string of the molecule is Cn1nc(C2CCCC2)nc1C1CCC(N)C1. The number of aromatic nitrogens is 3. The zero-order valence-electron chi connectivity index (χ0n) is 10.6. The van der Waals surface area contributed by atoms with Gasteiger partial charge in [0.2, 0.25) is 0 Å². The van der Waals surface area contributed by atoms with Crippen LogP contribution in [0.5, 0.6) is 0 Å². The van der Waals surface area contributed by atoms with E-state index in [1.54, 1.807) is 0 Å². The highest BCUT2D eigenvalue weighted by Gasteiger charge is 2.29. The molecule has 94 valence electrons. The fraction of sp³-hybridized carbons (Fsp3) is 0.846. The van der Waals surface area contributed by atoms with Crippen molar-refractivity contribution < 1.29 is 0 Å². The summed E-state index contributed by atoms with van der Waals surface area (Å²) in [5, 5.41) is 4.63. The summed E-state index contributed by atoms with van der Waals surface area (Å²) in [5.74, 6) is 3.41. The Hall–Kier alpha value is -0.900. The van der Waals surface area contributed by atoms with Crippen molar-refractivity contribution >= 4 is 0 Å². The third-order valence-corrected chi connectivity index (χ3v) is 4.37. The summed E-state index contributed by atoms with van der Waals surface area (Å²) in [4.78, 5) is 4.80. The van der Waals surface area contributed by atoms with Crippen LogP contribution in [-0.2, 0) is 7.05 Å². The van der Waals surface area contributed by atoms with Gasteiger partial charge in [-0.1, -0.05) is 12.8 Å². The van der Waals surface area contributed by atoms with Crippen LogP contribution in [0.3, 0.4) is 0 Å². The van der Waals surface area contributed by atoms with Gasteiger partial charge in [0, 0.05) is 24.9 Å². The first-order chi connectivity index (χ1) is 8.24. The van der Waals surface area contributed by atoms with E-state index in [1.165, 1.54) is 37.9 Å². The minimum absolute atomic E-state index is 0.367. The molecule has 4 heteroatoms. The van der Waals surface area contributed by atoms with Crippen LogP contribution in [0.1, 0.15) is 68.4 Å². The molecule has 2 saturated carbocycles. The zero-order valence-corrected chi connectivity index (χ0v) is 10.6. The van der Waals surface area contributed by atoms with Crippen molar-refractivity contribution in [2.24, 2.45) is 12.8 Å². The zero-order chi connectivity index (χ0) is 11.8. The third kappa shape index (κ3) is 2.10. The van der Waals surface area contributed by atoms with Gasteiger partial charge in [0.1, 0.15) is 5.82 Å². The molecule has 2 fully saturated rings. The molecule has 2 unspecified atom stereocenters. The Labute approximate surface area is 103 Å². The van der Waals surface area contributed by atoms with E-state index in [2.05, 4.69) is 5.10 Å². The van der Waals surface area contributed by atoms with Crippen LogP contribution in [0.2, 0.25) is 0 Å². The Balaban J connectivity index is 1.80. The number of hydrogen-bond donors (Lipinski definition) is 1. The van der Waals surface area contributed by atoms with Gasteiger partial charge < -0.3 is 5.73 Å². The molecule has 0 aromatic carbocycles. The standard InChI is InChI=1S/C13H22N4/c1-17-13(10-6-7-11(14)8-10)15-12(16-17)9-4-2-3-5-9/h9-11H,2-8,14H2,1H3. The average Bonchev–Trinajstić information content (AvgIpc) is 2.97. The maximum atomic E-state index is 5.98. The molecule has 1 heterocycles. The van der Waals surface area contributed by atoms with Gasteiger partial charge in [-0.2, -0.15) is 5.10 Å². The molecule has 0 bridgehead atoms. The van der Waals surface area contributed by atoms with Crippen LogP contribution in [0.4, 0.5) is 0 Å². The van der Waals surface area contributed by atoms with Gasteiger partial charge in [-0.3, -0.25) is 4.68 Å². The van der Waals surface area contributed by atoms with Gasteiger partial charge in [0.15, 0.2) is 5.82 Å². The summed E-state index contributed by atoms with van der Waals surface area (Å²) in [6.07, 6.45) is 8.62. The van der Waals surface area contributed by atoms with Crippen LogP contribution in [0.15, 0.2) is 0 Å². The number of hydrogen-bond acceptors (Lipinski definition) is 3. The lowest BCUT2D eigenvalue weighted by Gasteiger charge is -2.07. The fourth-order valence-corrected chi connectivity index (χ4v) is 3.38. The number of aryl methyl sites for hydroxylation is 1. The first kappa shape index (κ1) is 11.2. The van der Waals surface area contributed by atoms with Crippen molar-refractivity contribution in [2.45, 2.75) is 62.8 Å². The molecule has 0 spiro atoms. The van der Waals surface area contributed by atoms with E-state index in [0.717, 1.165) is 18.7 Å². The highest BCUT2D eigenvalue weighted by atomic mass is 15.3. The fourth-order valence-electron chi connectivity index (χ4n) is 3.38. The second-order valence-electron chi connectivity index (χ2n) is 5.70. The predicted octanol–water partition coefficient (Wildman–Crippen LogP) is 2.07. The number of rotatable bonds is 2. The van der Waals surface area contributed by atoms with E-state index >= 15 is 0 Å². The maximum absolute atomic E-state index is 5.98. The van der Waals surface area contributed by atoms with Gasteiger partial charge in [-0.15, -0.1) is 0 Å². The van der Waals surface area contributed by atoms with Crippen molar-refractivity contribution in [2.75, 3.05) is 0 Å². The Kier molecular flexibility index (Phi) is 2.90. The summed E-state index contributed by atoms with van der Waals surface area (Å²) in [7, 11) is 2.03. The van der Waals surface area contributed by atoms with Gasteiger partial charge >= 0.3 is 0 Å². The minimum Gasteiger partial charge on any atom is -0.328 e. The quantitative estimate of drug-likeness (QED) is 0.852. The van der Waals surface area contributed by atoms with Crippen LogP contribution in [0.25, 0.3) is 0 Å². The number of nitrogens with two attached hydrogens (primary N) is 1. The smallest absolute Gasteiger partial charge is 0.154 e. The molecule has 0 radical (unpaired) electrons. The highest BCUT2D eigenvalue weighted by molar-refractivity contribution is 5.07. The summed E-state index contributed by atoms with van der Waals surface area (Å²) in [5.41, 5.74) is 5.98. The Morgan fingerprint density at radius 3 is 2.53 bits per heavy atom. The van der Waals surface area contributed by atoms with E-state index in [9.17, 15) is 0 Å². The van der Waals surface area contributed by atoms with Crippen molar-refractivity contribution in [3.05, 3.63) is 11.6 Å². The molecule has 3 rings (SSSR count). The molecular weight excluding hydrogens is 212 g/mol. The van der Waals surface area contributed by atoms with Crippen LogP contribution >= 0.6 is 0 Å². The molecule has 2 N–H and O–H groups in total. The van der Waals surface area contributed by atoms with E-state index in [1.807, 2.05) is 11.7 Å². The molecule has 4 nitrogen and oxygen atoms in total. The van der Waals surface area contributed by atoms with Crippen LogP contribution in [0, 0.1) is 0 Å². The lowest BCUT2D eigenvalue weighted by Crippen LogP contribution is -2.15. The third-order valence-electron chi connectivity index (χ3n) is 4.37. The molecule has 1 aromatic heterocycles. The van der Waals surface area contributed by atoms with Crippen LogP contribution in [-0.4, -0.2) is 20.8 Å². The van der Waals surface area contributed by atoms with Gasteiger partial charge in [0.05, 0.1) is 0 Å². The molecule has 0 aliphatic heterocycles. The lowest BCUT2D eigenvalue weighted by atomic mass is 10.1. The molecule has 2 aliphatic rings. The average molecular weight is 234 g/mol. The van der Waals surface area contributed by atoms with E-state index in [4.69, 9.17) is 10.7 Å². The van der Waals surface area contributed by atoms with E-state index in [0.29, 0.717) is 17.9 Å². The Morgan fingerprint density at radius 1 is 1.12 bits per heavy atom. The van der Waals surface area contributed by atoms with Crippen LogP contribution < -0.4 is 5.73 Å². The molecular formula is C13H22N4. The largest absolute Gasteiger partial charge is 0.328 e. The molecule has 0 saturated heterocycles. The predicted molar refractivity (Wildman–Crippen MR) is 66.8 cm³/mol. The van der Waals surface area contributed by atoms with E-state index < -0.39 is 0 Å². The van der Waals surface area contributed by atoms with Crippen molar-refractivity contribution in [3.63, 3.8) is 0 Å². The van der Waals surface area contributed by atoms with Gasteiger partial charge in [0.25, 0.3) is 0 Å². The molecule has 2 aliphatic carbocycles. The van der Waals surface area contributed by atoms with Crippen molar-refractivity contribution in [3.8, 4) is 0 Å². The van der Waals surface area contributed by atoms with Gasteiger partial charge in [-0.25, -0.2) is 4.98 Å². The summed E-state index contributed by atoms with van der Waals surface area (Å²) in [6.45, 7) is 0. The molecule has 2 atom stereocenters. The summed E-state index contributed by atoms with van der Waals surface area (Å²) in [6, 6.07) is 0.367. The summed E-state index contributed by atoms with van der Waals surface area (Å²) < 4.78 is 2.00. The maximum Gasteiger partial charge on any atom is 0.154 e. The second kappa shape index (κ2) is 4.41. The highest BCUT2D eigenvalue weighted by Crippen LogP contribution is 2.36. The minimum atomic E-state index is 0.367. The Morgan fingerprint density at radius 2 is 1.88 bits per heavy atom. The van der Waals surface area contributed by atoms with E-state index in [-0.39, 0.29) is 0 Å². The normalized spacial score (nSPS) is 30.2. The monoisotopic (exact) mass is 234 g/mol. The van der Waals surface area contributed by atoms with Crippen molar-refractivity contribution in [1.29, 1.82) is 0 Å². The molecule has 0 amide bonds. The van der Waals surface area contributed by atoms with Crippen molar-refractivity contribution in [1.82, 2.24) is 14.8 Å². The van der Waals surface area contributed by atoms with Gasteiger partial charge in [-0.05, 0) is 32.1 Å². The second-order valence-corrected chi connectivity index (χ2v) is 5.70. The first-order valence-corrected chi connectivity index (χ1v) is 6.90. The molecule has 1 aromatic rings. The molecule has 17 heavy (non-hydrogen) atoms. The first-order valence-electron chi connectivity index (χ1n) is 6.90. The summed E-state index contributed by atoms with van der Waals surface area (Å²) >= 11 is 0. The number of nitrogens with zero attached hydrogens (tertiary/aromatic N) is 3. The lowest BCUT2D eigenvalue weighted by molar-refractivity contribution is 0.589.